The van der Waals surface area contributed by atoms with E-state index in [9.17, 15) is 0 Å². The molecule has 0 atom stereocenters. The Balaban J connectivity index is 1.95. The van der Waals surface area contributed by atoms with Crippen molar-refractivity contribution in [1.82, 2.24) is 10.2 Å². The van der Waals surface area contributed by atoms with Crippen LogP contribution < -0.4 is 10.1 Å². The molecule has 3 nitrogen and oxygen atoms in total. The summed E-state index contributed by atoms with van der Waals surface area (Å²) in [7, 11) is 0. The number of hydrogen-bond acceptors (Lipinski definition) is 3. The number of benzene rings is 1. The number of ether oxygens (including phenoxy) is 1. The van der Waals surface area contributed by atoms with Gasteiger partial charge in [-0.3, -0.25) is 4.90 Å². The molecule has 0 aromatic heterocycles. The summed E-state index contributed by atoms with van der Waals surface area (Å²) in [5.41, 5.74) is 1.16. The number of halogens is 1. The molecule has 0 saturated carbocycles. The summed E-state index contributed by atoms with van der Waals surface area (Å²) in [6.07, 6.45) is 2.25. The fourth-order valence-electron chi connectivity index (χ4n) is 2.21. The predicted octanol–water partition coefficient (Wildman–Crippen LogP) is 2.92. The third-order valence-corrected chi connectivity index (χ3v) is 3.76. The highest BCUT2D eigenvalue weighted by molar-refractivity contribution is 6.31. The summed E-state index contributed by atoms with van der Waals surface area (Å²) in [5.74, 6) is 0.933. The van der Waals surface area contributed by atoms with E-state index in [0.29, 0.717) is 0 Å². The van der Waals surface area contributed by atoms with E-state index in [-0.39, 0.29) is 0 Å². The van der Waals surface area contributed by atoms with Gasteiger partial charge in [0.1, 0.15) is 5.75 Å². The van der Waals surface area contributed by atoms with Gasteiger partial charge in [0.15, 0.2) is 0 Å². The fourth-order valence-corrected chi connectivity index (χ4v) is 2.38. The normalized spacial score (nSPS) is 16.5. The van der Waals surface area contributed by atoms with Crippen LogP contribution >= 0.6 is 11.6 Å². The Morgan fingerprint density at radius 1 is 1.32 bits per heavy atom. The van der Waals surface area contributed by atoms with Crippen molar-refractivity contribution < 1.29 is 4.74 Å². The van der Waals surface area contributed by atoms with E-state index in [1.54, 1.807) is 0 Å². The molecule has 1 aliphatic heterocycles. The van der Waals surface area contributed by atoms with Crippen LogP contribution in [0.3, 0.4) is 0 Å². The van der Waals surface area contributed by atoms with Gasteiger partial charge in [-0.1, -0.05) is 24.9 Å². The minimum Gasteiger partial charge on any atom is -0.494 e. The van der Waals surface area contributed by atoms with Crippen molar-refractivity contribution in [2.24, 2.45) is 0 Å². The second-order valence-corrected chi connectivity index (χ2v) is 5.39. The molecule has 0 radical (unpaired) electrons. The molecule has 0 aliphatic carbocycles. The Morgan fingerprint density at radius 2 is 2.11 bits per heavy atom. The summed E-state index contributed by atoms with van der Waals surface area (Å²) in [6.45, 7) is 8.14. The first-order chi connectivity index (χ1) is 9.29. The number of nitrogens with zero attached hydrogens (tertiary/aromatic N) is 1. The molecule has 0 bridgehead atoms. The topological polar surface area (TPSA) is 24.5 Å². The summed E-state index contributed by atoms with van der Waals surface area (Å²) >= 11 is 6.28. The van der Waals surface area contributed by atoms with Crippen molar-refractivity contribution in [3.8, 4) is 5.75 Å². The lowest BCUT2D eigenvalue weighted by Gasteiger charge is -2.27. The molecule has 1 heterocycles. The molecule has 0 spiro atoms. The SMILES string of the molecule is CCCCOc1ccc(Cl)c(CN2CCNCC2)c1. The minimum atomic E-state index is 0.783. The first-order valence-corrected chi connectivity index (χ1v) is 7.51. The summed E-state index contributed by atoms with van der Waals surface area (Å²) in [4.78, 5) is 2.42. The molecule has 1 N–H and O–H groups in total. The average molecular weight is 283 g/mol. The van der Waals surface area contributed by atoms with E-state index in [2.05, 4.69) is 23.2 Å². The van der Waals surface area contributed by atoms with E-state index >= 15 is 0 Å². The van der Waals surface area contributed by atoms with Gasteiger partial charge in [-0.05, 0) is 30.2 Å². The largest absolute Gasteiger partial charge is 0.494 e. The molecule has 0 amide bonds. The third kappa shape index (κ3) is 4.68. The molecule has 1 aromatic rings. The smallest absolute Gasteiger partial charge is 0.119 e. The predicted molar refractivity (Wildman–Crippen MR) is 80.0 cm³/mol. The van der Waals surface area contributed by atoms with E-state index in [4.69, 9.17) is 16.3 Å². The number of hydrogen-bond donors (Lipinski definition) is 1. The summed E-state index contributed by atoms with van der Waals surface area (Å²) < 4.78 is 5.74. The van der Waals surface area contributed by atoms with Crippen molar-refractivity contribution in [3.05, 3.63) is 28.8 Å². The van der Waals surface area contributed by atoms with Gasteiger partial charge in [0, 0.05) is 37.7 Å². The van der Waals surface area contributed by atoms with Gasteiger partial charge < -0.3 is 10.1 Å². The maximum Gasteiger partial charge on any atom is 0.119 e. The van der Waals surface area contributed by atoms with Crippen LogP contribution in [0.25, 0.3) is 0 Å². The number of piperazine rings is 1. The van der Waals surface area contributed by atoms with Gasteiger partial charge in [-0.2, -0.15) is 0 Å². The molecule has 1 saturated heterocycles. The molecule has 1 aliphatic rings. The monoisotopic (exact) mass is 282 g/mol. The lowest BCUT2D eigenvalue weighted by Crippen LogP contribution is -2.42. The first kappa shape index (κ1) is 14.6. The summed E-state index contributed by atoms with van der Waals surface area (Å²) in [5, 5.41) is 4.20. The van der Waals surface area contributed by atoms with Gasteiger partial charge in [0.05, 0.1) is 6.61 Å². The Labute approximate surface area is 120 Å². The van der Waals surface area contributed by atoms with Gasteiger partial charge in [0.25, 0.3) is 0 Å². The highest BCUT2D eigenvalue weighted by atomic mass is 35.5. The zero-order valence-corrected chi connectivity index (χ0v) is 12.4. The standard InChI is InChI=1S/C15H23ClN2O/c1-2-3-10-19-14-4-5-15(16)13(11-14)12-18-8-6-17-7-9-18/h4-5,11,17H,2-3,6-10,12H2,1H3. The van der Waals surface area contributed by atoms with Crippen molar-refractivity contribution in [3.63, 3.8) is 0 Å². The van der Waals surface area contributed by atoms with E-state index in [1.165, 1.54) is 0 Å². The molecular formula is C15H23ClN2O. The summed E-state index contributed by atoms with van der Waals surface area (Å²) in [6, 6.07) is 5.99. The highest BCUT2D eigenvalue weighted by Crippen LogP contribution is 2.23. The van der Waals surface area contributed by atoms with Gasteiger partial charge in [-0.15, -0.1) is 0 Å². The second-order valence-electron chi connectivity index (χ2n) is 4.98. The van der Waals surface area contributed by atoms with Crippen LogP contribution in [-0.4, -0.2) is 37.7 Å². The zero-order valence-electron chi connectivity index (χ0n) is 11.6. The van der Waals surface area contributed by atoms with Crippen molar-refractivity contribution >= 4 is 11.6 Å². The lowest BCUT2D eigenvalue weighted by molar-refractivity contribution is 0.232. The van der Waals surface area contributed by atoms with Crippen LogP contribution in [0.5, 0.6) is 5.75 Å². The van der Waals surface area contributed by atoms with Crippen LogP contribution in [0.1, 0.15) is 25.3 Å². The molecular weight excluding hydrogens is 260 g/mol. The molecule has 106 valence electrons. The quantitative estimate of drug-likeness (QED) is 0.812. The van der Waals surface area contributed by atoms with E-state index < -0.39 is 0 Å². The molecule has 19 heavy (non-hydrogen) atoms. The Hall–Kier alpha value is -0.770. The molecule has 0 unspecified atom stereocenters. The van der Waals surface area contributed by atoms with Crippen molar-refractivity contribution in [2.75, 3.05) is 32.8 Å². The number of unbranched alkanes of at least 4 members (excludes halogenated alkanes) is 1. The second kappa shape index (κ2) is 7.73. The Kier molecular flexibility index (Phi) is 5.95. The van der Waals surface area contributed by atoms with Crippen LogP contribution in [0.4, 0.5) is 0 Å². The molecule has 4 heteroatoms. The van der Waals surface area contributed by atoms with E-state index in [1.807, 2.05) is 12.1 Å². The Morgan fingerprint density at radius 3 is 2.84 bits per heavy atom. The maximum atomic E-state index is 6.28. The third-order valence-electron chi connectivity index (χ3n) is 3.39. The van der Waals surface area contributed by atoms with Crippen molar-refractivity contribution in [1.29, 1.82) is 0 Å². The average Bonchev–Trinajstić information content (AvgIpc) is 2.44. The fraction of sp³-hybridized carbons (Fsp3) is 0.600. The van der Waals surface area contributed by atoms with Gasteiger partial charge >= 0.3 is 0 Å². The zero-order chi connectivity index (χ0) is 13.5. The maximum absolute atomic E-state index is 6.28. The van der Waals surface area contributed by atoms with Gasteiger partial charge in [-0.25, -0.2) is 0 Å². The van der Waals surface area contributed by atoms with Gasteiger partial charge in [0.2, 0.25) is 0 Å². The Bertz CT molecular complexity index is 392. The number of nitrogens with one attached hydrogen (secondary N) is 1. The lowest BCUT2D eigenvalue weighted by atomic mass is 10.2. The van der Waals surface area contributed by atoms with Crippen LogP contribution in [0.15, 0.2) is 18.2 Å². The molecule has 1 fully saturated rings. The minimum absolute atomic E-state index is 0.783. The first-order valence-electron chi connectivity index (χ1n) is 7.14. The van der Waals surface area contributed by atoms with Crippen molar-refractivity contribution in [2.45, 2.75) is 26.3 Å². The highest BCUT2D eigenvalue weighted by Gasteiger charge is 2.12. The molecule has 2 rings (SSSR count). The van der Waals surface area contributed by atoms with E-state index in [0.717, 1.165) is 68.5 Å². The van der Waals surface area contributed by atoms with Crippen LogP contribution in [0, 0.1) is 0 Å². The van der Waals surface area contributed by atoms with Crippen LogP contribution in [-0.2, 0) is 6.54 Å². The van der Waals surface area contributed by atoms with Crippen LogP contribution in [0.2, 0.25) is 5.02 Å². The number of rotatable bonds is 6. The molecule has 1 aromatic carbocycles.